The van der Waals surface area contributed by atoms with E-state index in [-0.39, 0.29) is 12.4 Å². The predicted octanol–water partition coefficient (Wildman–Crippen LogP) is 1.88. The van der Waals surface area contributed by atoms with Gasteiger partial charge in [-0.3, -0.25) is 0 Å². The Balaban J connectivity index is 0.00000112. The lowest BCUT2D eigenvalue weighted by Gasteiger charge is -2.01. The number of nitrogen functional groups attached to an aromatic ring is 1. The second kappa shape index (κ2) is 4.70. The normalized spacial score (nSPS) is 9.40. The highest BCUT2D eigenvalue weighted by Gasteiger charge is 2.05. The van der Waals surface area contributed by atoms with Crippen LogP contribution < -0.4 is 10.5 Å². The first-order valence-corrected chi connectivity index (χ1v) is 4.26. The van der Waals surface area contributed by atoms with E-state index in [1.54, 1.807) is 17.9 Å². The van der Waals surface area contributed by atoms with E-state index in [0.29, 0.717) is 11.7 Å². The molecule has 0 unspecified atom stereocenters. The van der Waals surface area contributed by atoms with Gasteiger partial charge < -0.3 is 10.5 Å². The number of anilines is 1. The first-order valence-electron chi connectivity index (χ1n) is 4.26. The highest BCUT2D eigenvalue weighted by Crippen LogP contribution is 2.17. The van der Waals surface area contributed by atoms with Gasteiger partial charge in [-0.1, -0.05) is 18.2 Å². The predicted molar refractivity (Wildman–Crippen MR) is 61.8 cm³/mol. The van der Waals surface area contributed by atoms with Crippen LogP contribution in [0.2, 0.25) is 0 Å². The molecule has 0 bridgehead atoms. The second-order valence-electron chi connectivity index (χ2n) is 2.86. The summed E-state index contributed by atoms with van der Waals surface area (Å²) in [5.74, 6) is 1.08. The fraction of sp³-hybridized carbons (Fsp3) is 0.100. The summed E-state index contributed by atoms with van der Waals surface area (Å²) in [4.78, 5) is 0. The Morgan fingerprint density at radius 1 is 1.27 bits per heavy atom. The average molecular weight is 226 g/mol. The van der Waals surface area contributed by atoms with Crippen LogP contribution in [0.5, 0.6) is 5.88 Å². The van der Waals surface area contributed by atoms with E-state index in [1.807, 2.05) is 30.3 Å². The summed E-state index contributed by atoms with van der Waals surface area (Å²) in [5.41, 5.74) is 6.69. The number of hydrogen-bond acceptors (Lipinski definition) is 3. The Bertz CT molecular complexity index is 427. The molecule has 0 spiro atoms. The maximum absolute atomic E-state index is 5.77. The fourth-order valence-corrected chi connectivity index (χ4v) is 1.25. The molecule has 1 aromatic carbocycles. The minimum absolute atomic E-state index is 0. The molecule has 0 aliphatic carbocycles. The second-order valence-corrected chi connectivity index (χ2v) is 2.86. The van der Waals surface area contributed by atoms with Crippen molar-refractivity contribution in [2.75, 3.05) is 12.8 Å². The molecule has 1 heterocycles. The third-order valence-electron chi connectivity index (χ3n) is 1.92. The molecule has 5 heteroatoms. The van der Waals surface area contributed by atoms with Crippen LogP contribution in [0.15, 0.2) is 36.4 Å². The molecular formula is C10H12ClN3O. The van der Waals surface area contributed by atoms with Gasteiger partial charge in [0, 0.05) is 6.07 Å². The van der Waals surface area contributed by atoms with Crippen LogP contribution in [0.4, 0.5) is 5.82 Å². The SMILES string of the molecule is COc1cc(N)n(-c2ccccc2)n1.Cl. The highest BCUT2D eigenvalue weighted by atomic mass is 35.5. The fourth-order valence-electron chi connectivity index (χ4n) is 1.25. The van der Waals surface area contributed by atoms with Crippen molar-refractivity contribution < 1.29 is 4.74 Å². The minimum Gasteiger partial charge on any atom is -0.480 e. The smallest absolute Gasteiger partial charge is 0.235 e. The lowest BCUT2D eigenvalue weighted by atomic mass is 10.3. The average Bonchev–Trinajstić information content (AvgIpc) is 2.61. The van der Waals surface area contributed by atoms with Crippen molar-refractivity contribution in [2.45, 2.75) is 0 Å². The third-order valence-corrected chi connectivity index (χ3v) is 1.92. The van der Waals surface area contributed by atoms with Gasteiger partial charge in [0.15, 0.2) is 0 Å². The topological polar surface area (TPSA) is 53.1 Å². The number of para-hydroxylation sites is 1. The highest BCUT2D eigenvalue weighted by molar-refractivity contribution is 5.85. The van der Waals surface area contributed by atoms with E-state index < -0.39 is 0 Å². The molecule has 0 fully saturated rings. The van der Waals surface area contributed by atoms with Gasteiger partial charge in [0.2, 0.25) is 5.88 Å². The van der Waals surface area contributed by atoms with E-state index in [2.05, 4.69) is 5.10 Å². The number of nitrogens with zero attached hydrogens (tertiary/aromatic N) is 2. The van der Waals surface area contributed by atoms with E-state index in [9.17, 15) is 0 Å². The quantitative estimate of drug-likeness (QED) is 0.849. The summed E-state index contributed by atoms with van der Waals surface area (Å²) in [5, 5.41) is 4.17. The van der Waals surface area contributed by atoms with Crippen molar-refractivity contribution in [1.82, 2.24) is 9.78 Å². The molecule has 2 aromatic rings. The Morgan fingerprint density at radius 2 is 1.93 bits per heavy atom. The molecule has 0 radical (unpaired) electrons. The molecule has 2 N–H and O–H groups in total. The molecule has 0 aliphatic heterocycles. The monoisotopic (exact) mass is 225 g/mol. The van der Waals surface area contributed by atoms with Gasteiger partial charge >= 0.3 is 0 Å². The lowest BCUT2D eigenvalue weighted by Crippen LogP contribution is -2.01. The van der Waals surface area contributed by atoms with Gasteiger partial charge in [-0.15, -0.1) is 17.5 Å². The van der Waals surface area contributed by atoms with Gasteiger partial charge in [-0.25, -0.2) is 4.68 Å². The zero-order valence-corrected chi connectivity index (χ0v) is 9.07. The van der Waals surface area contributed by atoms with Crippen LogP contribution in [0.3, 0.4) is 0 Å². The number of ether oxygens (including phenoxy) is 1. The van der Waals surface area contributed by atoms with Crippen LogP contribution in [0.1, 0.15) is 0 Å². The van der Waals surface area contributed by atoms with E-state index in [1.165, 1.54) is 0 Å². The van der Waals surface area contributed by atoms with E-state index in [0.717, 1.165) is 5.69 Å². The van der Waals surface area contributed by atoms with E-state index >= 15 is 0 Å². The maximum atomic E-state index is 5.77. The van der Waals surface area contributed by atoms with Crippen molar-refractivity contribution in [1.29, 1.82) is 0 Å². The number of nitrogens with two attached hydrogens (primary N) is 1. The first kappa shape index (κ1) is 11.4. The number of halogens is 1. The molecule has 1 aromatic heterocycles. The summed E-state index contributed by atoms with van der Waals surface area (Å²) in [6, 6.07) is 11.4. The van der Waals surface area contributed by atoms with Crippen LogP contribution in [0, 0.1) is 0 Å². The lowest BCUT2D eigenvalue weighted by molar-refractivity contribution is 0.394. The molecular weight excluding hydrogens is 214 g/mol. The van der Waals surface area contributed by atoms with Crippen molar-refractivity contribution in [3.05, 3.63) is 36.4 Å². The largest absolute Gasteiger partial charge is 0.480 e. The summed E-state index contributed by atoms with van der Waals surface area (Å²) in [6.45, 7) is 0. The molecule has 2 rings (SSSR count). The zero-order chi connectivity index (χ0) is 9.97. The van der Waals surface area contributed by atoms with Gasteiger partial charge in [-0.05, 0) is 12.1 Å². The Morgan fingerprint density at radius 3 is 2.47 bits per heavy atom. The summed E-state index contributed by atoms with van der Waals surface area (Å²) < 4.78 is 6.62. The van der Waals surface area contributed by atoms with Crippen molar-refractivity contribution >= 4 is 18.2 Å². The number of aromatic nitrogens is 2. The van der Waals surface area contributed by atoms with Crippen LogP contribution >= 0.6 is 12.4 Å². The van der Waals surface area contributed by atoms with Crippen molar-refractivity contribution in [3.63, 3.8) is 0 Å². The van der Waals surface area contributed by atoms with E-state index in [4.69, 9.17) is 10.5 Å². The Labute approximate surface area is 94.1 Å². The van der Waals surface area contributed by atoms with Crippen molar-refractivity contribution in [2.24, 2.45) is 0 Å². The molecule has 0 aliphatic rings. The molecule has 0 saturated carbocycles. The summed E-state index contributed by atoms with van der Waals surface area (Å²) in [6.07, 6.45) is 0. The van der Waals surface area contributed by atoms with Gasteiger partial charge in [0.25, 0.3) is 0 Å². The zero-order valence-electron chi connectivity index (χ0n) is 8.25. The van der Waals surface area contributed by atoms with Crippen LogP contribution in [-0.4, -0.2) is 16.9 Å². The molecule has 0 amide bonds. The number of hydrogen-bond donors (Lipinski definition) is 1. The minimum atomic E-state index is 0. The van der Waals surface area contributed by atoms with Gasteiger partial charge in [-0.2, -0.15) is 0 Å². The maximum Gasteiger partial charge on any atom is 0.235 e. The third kappa shape index (κ3) is 2.22. The molecule has 0 saturated heterocycles. The summed E-state index contributed by atoms with van der Waals surface area (Å²) in [7, 11) is 1.57. The molecule has 0 atom stereocenters. The Hall–Kier alpha value is -1.68. The first-order chi connectivity index (χ1) is 6.81. The molecule has 15 heavy (non-hydrogen) atoms. The van der Waals surface area contributed by atoms with Crippen LogP contribution in [-0.2, 0) is 0 Å². The number of rotatable bonds is 2. The number of benzene rings is 1. The van der Waals surface area contributed by atoms with Crippen molar-refractivity contribution in [3.8, 4) is 11.6 Å². The molecule has 4 nitrogen and oxygen atoms in total. The molecule has 80 valence electrons. The Kier molecular flexibility index (Phi) is 3.57. The standard InChI is InChI=1S/C10H11N3O.ClH/c1-14-10-7-9(11)13(12-10)8-5-3-2-4-6-8;/h2-7H,11H2,1H3;1H. The van der Waals surface area contributed by atoms with Crippen LogP contribution in [0.25, 0.3) is 5.69 Å². The van der Waals surface area contributed by atoms with Gasteiger partial charge in [0.1, 0.15) is 5.82 Å². The number of methoxy groups -OCH3 is 1. The van der Waals surface area contributed by atoms with Gasteiger partial charge in [0.05, 0.1) is 12.8 Å². The summed E-state index contributed by atoms with van der Waals surface area (Å²) >= 11 is 0.